The number of hydrogen-bond donors (Lipinski definition) is 2. The number of hydrogen-bond acceptors (Lipinski definition) is 4. The van der Waals surface area contributed by atoms with Crippen molar-refractivity contribution in [2.75, 3.05) is 17.2 Å². The lowest BCUT2D eigenvalue weighted by molar-refractivity contribution is -0.114. The average Bonchev–Trinajstić information content (AvgIpc) is 2.73. The first-order chi connectivity index (χ1) is 13.6. The van der Waals surface area contributed by atoms with E-state index in [4.69, 9.17) is 10.00 Å². The van der Waals surface area contributed by atoms with Crippen molar-refractivity contribution in [2.24, 2.45) is 0 Å². The van der Waals surface area contributed by atoms with Gasteiger partial charge in [-0.2, -0.15) is 5.26 Å². The minimum atomic E-state index is -0.122. The van der Waals surface area contributed by atoms with E-state index in [1.807, 2.05) is 67.6 Å². The van der Waals surface area contributed by atoms with Gasteiger partial charge in [-0.1, -0.05) is 35.9 Å². The van der Waals surface area contributed by atoms with Gasteiger partial charge in [-0.3, -0.25) is 4.79 Å². The van der Waals surface area contributed by atoms with E-state index in [0.29, 0.717) is 17.9 Å². The Hall–Kier alpha value is -3.78. The van der Waals surface area contributed by atoms with Gasteiger partial charge in [0.05, 0.1) is 18.2 Å². The van der Waals surface area contributed by atoms with E-state index in [0.717, 1.165) is 22.5 Å². The second-order valence-corrected chi connectivity index (χ2v) is 6.40. The highest BCUT2D eigenvalue weighted by Crippen LogP contribution is 2.19. The van der Waals surface area contributed by atoms with Crippen molar-refractivity contribution in [3.8, 4) is 11.8 Å². The van der Waals surface area contributed by atoms with Gasteiger partial charge >= 0.3 is 0 Å². The van der Waals surface area contributed by atoms with Crippen LogP contribution in [0.5, 0.6) is 5.75 Å². The third kappa shape index (κ3) is 5.61. The summed E-state index contributed by atoms with van der Waals surface area (Å²) in [6, 6.07) is 24.5. The van der Waals surface area contributed by atoms with Crippen LogP contribution >= 0.6 is 0 Å². The van der Waals surface area contributed by atoms with E-state index < -0.39 is 0 Å². The van der Waals surface area contributed by atoms with E-state index in [1.165, 1.54) is 0 Å². The molecule has 0 bridgehead atoms. The summed E-state index contributed by atoms with van der Waals surface area (Å²) in [4.78, 5) is 12.1. The third-order valence-electron chi connectivity index (χ3n) is 4.08. The van der Waals surface area contributed by atoms with Crippen molar-refractivity contribution < 1.29 is 9.53 Å². The van der Waals surface area contributed by atoms with Crippen molar-refractivity contribution in [1.82, 2.24) is 0 Å². The summed E-state index contributed by atoms with van der Waals surface area (Å²) in [5.41, 5.74) is 4.25. The highest BCUT2D eigenvalue weighted by atomic mass is 16.5. The highest BCUT2D eigenvalue weighted by Gasteiger charge is 2.04. The molecule has 0 spiro atoms. The van der Waals surface area contributed by atoms with Gasteiger partial charge in [0.2, 0.25) is 5.91 Å². The Morgan fingerprint density at radius 1 is 1.00 bits per heavy atom. The zero-order valence-corrected chi connectivity index (χ0v) is 15.6. The molecular formula is C23H21N3O2. The highest BCUT2D eigenvalue weighted by molar-refractivity contribution is 5.93. The van der Waals surface area contributed by atoms with Crippen molar-refractivity contribution >= 4 is 17.3 Å². The molecule has 3 rings (SSSR count). The van der Waals surface area contributed by atoms with Crippen LogP contribution in [0.15, 0.2) is 72.8 Å². The van der Waals surface area contributed by atoms with Gasteiger partial charge in [0.15, 0.2) is 0 Å². The van der Waals surface area contributed by atoms with Gasteiger partial charge in [-0.15, -0.1) is 0 Å². The van der Waals surface area contributed by atoms with Crippen LogP contribution in [0.2, 0.25) is 0 Å². The number of ether oxygens (including phenoxy) is 1. The first-order valence-corrected chi connectivity index (χ1v) is 8.95. The second kappa shape index (κ2) is 9.24. The van der Waals surface area contributed by atoms with Crippen LogP contribution in [0.1, 0.15) is 16.7 Å². The summed E-state index contributed by atoms with van der Waals surface area (Å²) in [7, 11) is 0. The maximum absolute atomic E-state index is 12.1. The van der Waals surface area contributed by atoms with Gasteiger partial charge in [0, 0.05) is 17.4 Å². The summed E-state index contributed by atoms with van der Waals surface area (Å²) < 4.78 is 5.80. The Balaban J connectivity index is 1.52. The number of benzene rings is 3. The topological polar surface area (TPSA) is 74.2 Å². The summed E-state index contributed by atoms with van der Waals surface area (Å²) in [5, 5.41) is 14.9. The van der Waals surface area contributed by atoms with Crippen molar-refractivity contribution in [2.45, 2.75) is 13.5 Å². The molecule has 0 saturated heterocycles. The monoisotopic (exact) mass is 371 g/mol. The van der Waals surface area contributed by atoms with E-state index in [2.05, 4.69) is 16.7 Å². The van der Waals surface area contributed by atoms with Crippen molar-refractivity contribution in [3.63, 3.8) is 0 Å². The number of anilines is 2. The maximum atomic E-state index is 12.1. The van der Waals surface area contributed by atoms with E-state index in [9.17, 15) is 4.79 Å². The molecule has 0 atom stereocenters. The van der Waals surface area contributed by atoms with Crippen LogP contribution in [0, 0.1) is 18.3 Å². The fourth-order valence-corrected chi connectivity index (χ4v) is 2.62. The number of rotatable bonds is 7. The number of nitriles is 1. The van der Waals surface area contributed by atoms with Crippen LogP contribution in [0.4, 0.5) is 11.4 Å². The number of aryl methyl sites for hydroxylation is 1. The van der Waals surface area contributed by atoms with Crippen LogP contribution in [0.3, 0.4) is 0 Å². The zero-order valence-electron chi connectivity index (χ0n) is 15.6. The molecule has 140 valence electrons. The van der Waals surface area contributed by atoms with Gasteiger partial charge in [0.1, 0.15) is 12.4 Å². The first-order valence-electron chi connectivity index (χ1n) is 8.95. The fraction of sp³-hybridized carbons (Fsp3) is 0.130. The van der Waals surface area contributed by atoms with Gasteiger partial charge in [0.25, 0.3) is 0 Å². The predicted molar refractivity (Wildman–Crippen MR) is 110 cm³/mol. The largest absolute Gasteiger partial charge is 0.489 e. The van der Waals surface area contributed by atoms with Gasteiger partial charge in [-0.25, -0.2) is 0 Å². The molecule has 0 aliphatic carbocycles. The molecule has 3 aromatic carbocycles. The minimum Gasteiger partial charge on any atom is -0.489 e. The molecule has 0 radical (unpaired) electrons. The smallest absolute Gasteiger partial charge is 0.243 e. The number of amides is 1. The lowest BCUT2D eigenvalue weighted by atomic mass is 10.1. The number of carbonyl (C=O) groups is 1. The molecule has 28 heavy (non-hydrogen) atoms. The SMILES string of the molecule is Cc1ccc(NC(=O)CNc2cccc(OCc3cccc(C#N)c3)c2)cc1. The first kappa shape index (κ1) is 19.0. The molecule has 0 aliphatic rings. The summed E-state index contributed by atoms with van der Waals surface area (Å²) in [5.74, 6) is 0.565. The molecule has 5 nitrogen and oxygen atoms in total. The zero-order chi connectivity index (χ0) is 19.8. The Labute approximate surface area is 164 Å². The van der Waals surface area contributed by atoms with Gasteiger partial charge in [-0.05, 0) is 48.9 Å². The van der Waals surface area contributed by atoms with Crippen molar-refractivity contribution in [1.29, 1.82) is 5.26 Å². The molecule has 0 saturated carbocycles. The lowest BCUT2D eigenvalue weighted by Crippen LogP contribution is -2.21. The van der Waals surface area contributed by atoms with E-state index >= 15 is 0 Å². The fourth-order valence-electron chi connectivity index (χ4n) is 2.62. The average molecular weight is 371 g/mol. The second-order valence-electron chi connectivity index (χ2n) is 6.40. The standard InChI is InChI=1S/C23H21N3O2/c1-17-8-10-20(11-9-17)26-23(27)15-25-21-6-3-7-22(13-21)28-16-19-5-2-4-18(12-19)14-24/h2-13,25H,15-16H2,1H3,(H,26,27). The van der Waals surface area contributed by atoms with Crippen LogP contribution < -0.4 is 15.4 Å². The van der Waals surface area contributed by atoms with E-state index in [1.54, 1.807) is 12.1 Å². The molecule has 0 heterocycles. The molecule has 0 aromatic heterocycles. The van der Waals surface area contributed by atoms with Crippen LogP contribution in [-0.4, -0.2) is 12.5 Å². The molecule has 3 aromatic rings. The number of nitrogens with one attached hydrogen (secondary N) is 2. The van der Waals surface area contributed by atoms with Crippen LogP contribution in [-0.2, 0) is 11.4 Å². The predicted octanol–water partition coefficient (Wildman–Crippen LogP) is 4.50. The lowest BCUT2D eigenvalue weighted by Gasteiger charge is -2.11. The Kier molecular flexibility index (Phi) is 6.27. The summed E-state index contributed by atoms with van der Waals surface area (Å²) in [6.45, 7) is 2.52. The molecule has 2 N–H and O–H groups in total. The molecular weight excluding hydrogens is 350 g/mol. The summed E-state index contributed by atoms with van der Waals surface area (Å²) in [6.07, 6.45) is 0. The van der Waals surface area contributed by atoms with E-state index in [-0.39, 0.29) is 12.5 Å². The quantitative estimate of drug-likeness (QED) is 0.641. The van der Waals surface area contributed by atoms with Gasteiger partial charge < -0.3 is 15.4 Å². The Bertz CT molecular complexity index is 991. The summed E-state index contributed by atoms with van der Waals surface area (Å²) >= 11 is 0. The Morgan fingerprint density at radius 3 is 2.57 bits per heavy atom. The molecule has 1 amide bonds. The molecule has 0 aliphatic heterocycles. The number of nitrogens with zero attached hydrogens (tertiary/aromatic N) is 1. The normalized spacial score (nSPS) is 10.0. The van der Waals surface area contributed by atoms with Crippen LogP contribution in [0.25, 0.3) is 0 Å². The minimum absolute atomic E-state index is 0.122. The number of carbonyl (C=O) groups excluding carboxylic acids is 1. The molecule has 0 fully saturated rings. The molecule has 5 heteroatoms. The van der Waals surface area contributed by atoms with Crippen molar-refractivity contribution in [3.05, 3.63) is 89.5 Å². The maximum Gasteiger partial charge on any atom is 0.243 e. The molecule has 0 unspecified atom stereocenters. The third-order valence-corrected chi connectivity index (χ3v) is 4.08. The Morgan fingerprint density at radius 2 is 1.79 bits per heavy atom.